The van der Waals surface area contributed by atoms with Gasteiger partial charge in [-0.2, -0.15) is 8.78 Å². The Morgan fingerprint density at radius 2 is 1.00 bits per heavy atom. The number of anilines is 1. The second-order valence-electron chi connectivity index (χ2n) is 30.8. The molecule has 13 N–H and O–H groups in total. The van der Waals surface area contributed by atoms with Gasteiger partial charge in [0.1, 0.15) is 72.1 Å². The maximum absolute atomic E-state index is 14.5. The van der Waals surface area contributed by atoms with E-state index in [4.69, 9.17) is 9.47 Å². The number of aromatic nitrogens is 1. The standard InChI is InChI=1S/C46H58F2N6O10.C39H52F2N4O10.2CH4/c1-26(2)41-44(61)50-34(24-30-23-32(47)40(48)36(57)25-30)45(62)54-22-12-14-33(53-54)46(63)64-37(27(3)13-11-18-39(58)51-38-17-9-10-21-49-38)16-8-6-7-15-35(56)29(5)42(59)31(43(60)52-41)20-19-28(4)55;1-21(2)34-37(52)42-29(19-25-18-27(40)33(41)31(49)20-25)38(53)45-16-9-10-28(44-45)39(54)55-32(22(3)15-17-46)12-8-6-7-11-30(48)24(5)35(50)26(36(51)43-34)14-13-23(4)47;;/h6-11,13,15,17-18,21,23,25-26,29,31,33-35,37,41-42,53,56-57,59H,12,14,16,19-20,22,24H2,1-5H3,(H,50,61)(H,52,60)(H,49,51,58);6-8,11,15,17-18,20-21,24,26,28-30,32,34-35,44,48-50H,9-10,12-14,16,19H2,1-5H3,(H,42,52)(H,43,51);2*1H4/b8-6+,15-7+,18-11+,27-13+;8-6+,11-7+,22-15+;;/t29-,31+,33?,34-,35-,37-,41-,42+;24-,26+,28?,29-,30-,32-,34-,35+;;/m00../s1. The molecular formula is C87H118F4N10O20. The number of hydrogen-bond donors (Lipinski definition) is 13. The van der Waals surface area contributed by atoms with Crippen LogP contribution in [0.15, 0.2) is 133 Å². The highest BCUT2D eigenvalue weighted by atomic mass is 19.2. The first-order valence-corrected chi connectivity index (χ1v) is 39.5. The monoisotopic (exact) mass is 1700 g/mol. The molecule has 7 rings (SSSR count). The van der Waals surface area contributed by atoms with Crippen LogP contribution in [-0.4, -0.2) is 203 Å². The number of cyclic esters (lactones) is 2. The fourth-order valence-electron chi connectivity index (χ4n) is 13.4. The first kappa shape index (κ1) is 102. The first-order chi connectivity index (χ1) is 56.3. The molecule has 4 aliphatic heterocycles. The minimum Gasteiger partial charge on any atom is -0.505 e. The summed E-state index contributed by atoms with van der Waals surface area (Å²) in [6.07, 6.45) is 12.7. The maximum atomic E-state index is 14.5. The van der Waals surface area contributed by atoms with E-state index in [0.717, 1.165) is 34.3 Å². The van der Waals surface area contributed by atoms with Crippen LogP contribution in [0.25, 0.3) is 0 Å². The number of aldehydes is 1. The Kier molecular flexibility index (Phi) is 42.1. The average molecular weight is 1700 g/mol. The number of nitrogens with zero attached hydrogens (tertiary/aromatic N) is 3. The SMILES string of the molecule is C.C.CC(=O)CC[C@H]1C(=O)N[C@@H](C(C)C)C(=O)N[C@@H](Cc2cc(O)c(F)c(F)c2)C(=O)N2CCCC(N2)C(=O)O[C@H](/C(C)=C/C=C/C(=O)Nc2ccccn2)C/C=C/C=C/[C@H](O)[C@H](C)[C@H]1O.CC(=O)CC[C@H]1C(=O)N[C@@H](C(C)C)C(=O)N[C@@H](Cc2cc(O)c(F)c(F)c2)C(=O)N2CCCC(N2)C(=O)O[C@H](/C(C)=C/C=O)C/C=C/C=C/[C@H](O)[C@H](C)[C@H]1O. The van der Waals surface area contributed by atoms with Gasteiger partial charge < -0.3 is 76.3 Å². The summed E-state index contributed by atoms with van der Waals surface area (Å²) in [6.45, 7) is 15.6. The summed E-state index contributed by atoms with van der Waals surface area (Å²) < 4.78 is 68.7. The number of carbonyl (C=O) groups is 12. The van der Waals surface area contributed by atoms with Gasteiger partial charge in [0.15, 0.2) is 34.8 Å². The highest BCUT2D eigenvalue weighted by molar-refractivity contribution is 5.99. The van der Waals surface area contributed by atoms with Crippen molar-refractivity contribution in [2.45, 2.75) is 234 Å². The predicted molar refractivity (Wildman–Crippen MR) is 440 cm³/mol. The second-order valence-corrected chi connectivity index (χ2v) is 30.8. The number of fused-ring (bicyclic) bond motifs is 4. The number of ketones is 2. The van der Waals surface area contributed by atoms with E-state index in [2.05, 4.69) is 42.4 Å². The van der Waals surface area contributed by atoms with E-state index < -0.39 is 209 Å². The zero-order valence-corrected chi connectivity index (χ0v) is 68.2. The third-order valence-corrected chi connectivity index (χ3v) is 20.7. The molecule has 2 aromatic carbocycles. The van der Waals surface area contributed by atoms with Crippen LogP contribution in [0.5, 0.6) is 11.5 Å². The summed E-state index contributed by atoms with van der Waals surface area (Å²) in [5, 5.41) is 80.2. The number of Topliss-reactive ketones (excluding diaryl/α,β-unsaturated/α-hetero) is 2. The zero-order chi connectivity index (χ0) is 88.1. The van der Waals surface area contributed by atoms with Crippen molar-refractivity contribution >= 4 is 77.0 Å². The van der Waals surface area contributed by atoms with Crippen molar-refractivity contribution in [3.8, 4) is 11.5 Å². The predicted octanol–water partition coefficient (Wildman–Crippen LogP) is 7.16. The fourth-order valence-corrected chi connectivity index (χ4v) is 13.4. The van der Waals surface area contributed by atoms with E-state index in [0.29, 0.717) is 36.1 Å². The number of benzene rings is 2. The van der Waals surface area contributed by atoms with Crippen LogP contribution in [0.4, 0.5) is 23.4 Å². The van der Waals surface area contributed by atoms with Crippen molar-refractivity contribution < 1.29 is 115 Å². The van der Waals surface area contributed by atoms with Gasteiger partial charge in [0.2, 0.25) is 29.5 Å². The van der Waals surface area contributed by atoms with Gasteiger partial charge >= 0.3 is 11.9 Å². The van der Waals surface area contributed by atoms with E-state index in [1.807, 2.05) is 0 Å². The Labute approximate surface area is 702 Å². The lowest BCUT2D eigenvalue weighted by atomic mass is 9.84. The summed E-state index contributed by atoms with van der Waals surface area (Å²) in [4.78, 5) is 163. The van der Waals surface area contributed by atoms with Crippen molar-refractivity contribution in [1.82, 2.24) is 47.1 Å². The van der Waals surface area contributed by atoms with Crippen molar-refractivity contribution in [3.63, 3.8) is 0 Å². The number of hydrogen-bond acceptors (Lipinski definition) is 23. The van der Waals surface area contributed by atoms with Crippen LogP contribution in [-0.2, 0) is 79.8 Å². The van der Waals surface area contributed by atoms with E-state index in [-0.39, 0.29) is 102 Å². The number of allylic oxidation sites excluding steroid dienone is 7. The van der Waals surface area contributed by atoms with Crippen LogP contribution >= 0.6 is 0 Å². The van der Waals surface area contributed by atoms with Crippen molar-refractivity contribution in [3.05, 3.63) is 167 Å². The molecule has 2 fully saturated rings. The lowest BCUT2D eigenvalue weighted by Gasteiger charge is -2.36. The highest BCUT2D eigenvalue weighted by Crippen LogP contribution is 2.30. The Morgan fingerprint density at radius 3 is 1.37 bits per heavy atom. The molecule has 0 aliphatic carbocycles. The first-order valence-electron chi connectivity index (χ1n) is 39.5. The van der Waals surface area contributed by atoms with Crippen molar-refractivity contribution in [1.29, 1.82) is 0 Å². The van der Waals surface area contributed by atoms with Crippen LogP contribution in [0.2, 0.25) is 0 Å². The van der Waals surface area contributed by atoms with Gasteiger partial charge in [0, 0.05) is 75.7 Å². The molecule has 0 spiro atoms. The topological polar surface area (TPSA) is 448 Å². The quantitative estimate of drug-likeness (QED) is 0.0197. The van der Waals surface area contributed by atoms with Crippen molar-refractivity contribution in [2.75, 3.05) is 18.4 Å². The van der Waals surface area contributed by atoms with Gasteiger partial charge in [-0.15, -0.1) is 0 Å². The van der Waals surface area contributed by atoms with Gasteiger partial charge in [0.05, 0.1) is 36.3 Å². The molecule has 4 aliphatic rings. The molecule has 5 heterocycles. The minimum absolute atomic E-state index is 0. The van der Waals surface area contributed by atoms with Crippen LogP contribution < -0.4 is 37.4 Å². The smallest absolute Gasteiger partial charge is 0.325 e. The summed E-state index contributed by atoms with van der Waals surface area (Å²) in [6, 6.07) is 0.612. The summed E-state index contributed by atoms with van der Waals surface area (Å²) in [5.41, 5.74) is 6.55. The number of phenols is 2. The maximum Gasteiger partial charge on any atom is 0.325 e. The van der Waals surface area contributed by atoms with Crippen LogP contribution in [0.1, 0.15) is 159 Å². The molecule has 1 aromatic heterocycles. The van der Waals surface area contributed by atoms with Gasteiger partial charge in [-0.25, -0.2) is 24.6 Å². The number of pyridine rings is 1. The number of nitrogens with one attached hydrogen (secondary N) is 7. The fraction of sp³-hybridized carbons (Fsp3) is 0.506. The number of esters is 2. The molecule has 34 heteroatoms. The van der Waals surface area contributed by atoms with Gasteiger partial charge in [0.25, 0.3) is 11.8 Å². The number of aliphatic hydroxyl groups is 4. The average Bonchev–Trinajstić information content (AvgIpc) is 0.818. The Hall–Kier alpha value is -10.9. The molecule has 16 atom stereocenters. The van der Waals surface area contributed by atoms with Gasteiger partial charge in [-0.1, -0.05) is 123 Å². The van der Waals surface area contributed by atoms with Gasteiger partial charge in [-0.05, 0) is 143 Å². The number of amides is 7. The van der Waals surface area contributed by atoms with E-state index >= 15 is 0 Å². The Balaban J connectivity index is 0.000000506. The number of halogens is 4. The summed E-state index contributed by atoms with van der Waals surface area (Å²) >= 11 is 0. The summed E-state index contributed by atoms with van der Waals surface area (Å²) in [5.74, 6) is -20.4. The second kappa shape index (κ2) is 49.7. The molecule has 3 aromatic rings. The molecule has 664 valence electrons. The van der Waals surface area contributed by atoms with Gasteiger partial charge in [-0.3, -0.25) is 58.0 Å². The molecule has 0 saturated carbocycles. The van der Waals surface area contributed by atoms with E-state index in [9.17, 15) is 106 Å². The van der Waals surface area contributed by atoms with Crippen LogP contribution in [0, 0.1) is 58.8 Å². The molecule has 7 amide bonds. The largest absolute Gasteiger partial charge is 0.505 e. The number of hydrazine groups is 2. The molecule has 121 heavy (non-hydrogen) atoms. The Bertz CT molecular complexity index is 4260. The lowest BCUT2D eigenvalue weighted by molar-refractivity contribution is -0.157. The minimum atomic E-state index is -1.53. The molecular weight excluding hydrogens is 1580 g/mol. The number of aliphatic hydroxyl groups excluding tert-OH is 4. The molecule has 0 radical (unpaired) electrons. The number of rotatable bonds is 18. The summed E-state index contributed by atoms with van der Waals surface area (Å²) in [7, 11) is 0. The molecule has 30 nitrogen and oxygen atoms in total. The number of ether oxygens (including phenoxy) is 2. The Morgan fingerprint density at radius 1 is 0.587 bits per heavy atom. The number of carbonyl (C=O) groups excluding carboxylic acids is 12. The third kappa shape index (κ3) is 31.2. The normalized spacial score (nSPS) is 27.5. The number of aromatic hydroxyl groups is 2. The lowest BCUT2D eigenvalue weighted by Crippen LogP contribution is -2.62. The van der Waals surface area contributed by atoms with Crippen molar-refractivity contribution in [2.24, 2.45) is 35.5 Å². The van der Waals surface area contributed by atoms with E-state index in [1.54, 1.807) is 90.1 Å². The molecule has 2 saturated heterocycles. The zero-order valence-electron chi connectivity index (χ0n) is 68.2. The number of phenolic OH excluding ortho intramolecular Hbond substituents is 2. The highest BCUT2D eigenvalue weighted by Gasteiger charge is 2.42. The third-order valence-electron chi connectivity index (χ3n) is 20.7. The van der Waals surface area contributed by atoms with E-state index in [1.165, 1.54) is 76.4 Å². The van der Waals surface area contributed by atoms with Crippen LogP contribution in [0.3, 0.4) is 0 Å². The molecule has 2 unspecified atom stereocenters. The molecule has 4 bridgehead atoms.